The van der Waals surface area contributed by atoms with E-state index < -0.39 is 0 Å². The summed E-state index contributed by atoms with van der Waals surface area (Å²) in [5, 5.41) is 11.3. The summed E-state index contributed by atoms with van der Waals surface area (Å²) in [7, 11) is 0. The fraction of sp³-hybridized carbons (Fsp3) is 0.600. The summed E-state index contributed by atoms with van der Waals surface area (Å²) in [6.45, 7) is 8.44. The van der Waals surface area contributed by atoms with Crippen molar-refractivity contribution in [3.05, 3.63) is 17.8 Å². The highest BCUT2D eigenvalue weighted by Crippen LogP contribution is 2.08. The average Bonchev–Trinajstić information content (AvgIpc) is 2.08. The minimum absolute atomic E-state index is 0.428. The van der Waals surface area contributed by atoms with E-state index in [4.69, 9.17) is 0 Å². The highest BCUT2D eigenvalue weighted by atomic mass is 15.2. The first-order chi connectivity index (χ1) is 6.09. The van der Waals surface area contributed by atoms with Gasteiger partial charge in [-0.05, 0) is 31.9 Å². The van der Waals surface area contributed by atoms with Crippen molar-refractivity contribution >= 4 is 5.82 Å². The van der Waals surface area contributed by atoms with Gasteiger partial charge in [-0.15, -0.1) is 5.10 Å². The second kappa shape index (κ2) is 4.21. The number of anilines is 1. The van der Waals surface area contributed by atoms with Crippen LogP contribution in [-0.2, 0) is 0 Å². The van der Waals surface area contributed by atoms with E-state index in [0.29, 0.717) is 12.0 Å². The normalized spacial score (nSPS) is 13.0. The van der Waals surface area contributed by atoms with Gasteiger partial charge in [0.15, 0.2) is 0 Å². The Balaban J connectivity index is 2.59. The number of nitrogens with zero attached hydrogens (tertiary/aromatic N) is 2. The molecule has 13 heavy (non-hydrogen) atoms. The zero-order valence-electron chi connectivity index (χ0n) is 8.70. The minimum atomic E-state index is 0.428. The van der Waals surface area contributed by atoms with E-state index in [2.05, 4.69) is 36.3 Å². The molecule has 0 aliphatic carbocycles. The second-order valence-electron chi connectivity index (χ2n) is 3.74. The maximum absolute atomic E-state index is 4.04. The summed E-state index contributed by atoms with van der Waals surface area (Å²) in [5.41, 5.74) is 0.947. The molecule has 1 N–H and O–H groups in total. The second-order valence-corrected chi connectivity index (χ2v) is 3.74. The predicted octanol–water partition coefficient (Wildman–Crippen LogP) is 2.24. The molecular formula is C10H17N3. The van der Waals surface area contributed by atoms with Crippen LogP contribution in [0.15, 0.2) is 12.1 Å². The summed E-state index contributed by atoms with van der Waals surface area (Å²) in [4.78, 5) is 0. The molecule has 1 rings (SSSR count). The molecule has 0 aliphatic rings. The molecule has 1 atom stereocenters. The van der Waals surface area contributed by atoms with Gasteiger partial charge in [-0.25, -0.2) is 0 Å². The Hall–Kier alpha value is -1.12. The Kier molecular flexibility index (Phi) is 3.23. The van der Waals surface area contributed by atoms with Gasteiger partial charge in [0.25, 0.3) is 0 Å². The number of nitrogens with one attached hydrogen (secondary N) is 1. The number of aromatic nitrogens is 2. The Morgan fingerprint density at radius 2 is 1.85 bits per heavy atom. The van der Waals surface area contributed by atoms with E-state index in [1.165, 1.54) is 0 Å². The van der Waals surface area contributed by atoms with Crippen LogP contribution < -0.4 is 5.32 Å². The lowest BCUT2D eigenvalue weighted by atomic mass is 10.1. The predicted molar refractivity (Wildman–Crippen MR) is 54.7 cm³/mol. The Labute approximate surface area is 79.6 Å². The van der Waals surface area contributed by atoms with E-state index in [1.807, 2.05) is 19.1 Å². The first kappa shape index (κ1) is 9.96. The molecule has 0 aromatic carbocycles. The Morgan fingerprint density at radius 1 is 1.15 bits per heavy atom. The molecule has 1 heterocycles. The van der Waals surface area contributed by atoms with Crippen LogP contribution in [0.25, 0.3) is 0 Å². The molecule has 72 valence electrons. The van der Waals surface area contributed by atoms with Crippen molar-refractivity contribution in [2.45, 2.75) is 33.7 Å². The zero-order valence-corrected chi connectivity index (χ0v) is 8.70. The van der Waals surface area contributed by atoms with Crippen LogP contribution in [0.5, 0.6) is 0 Å². The fourth-order valence-electron chi connectivity index (χ4n) is 0.876. The maximum Gasteiger partial charge on any atom is 0.148 e. The summed E-state index contributed by atoms with van der Waals surface area (Å²) in [6, 6.07) is 4.35. The minimum Gasteiger partial charge on any atom is -0.366 e. The van der Waals surface area contributed by atoms with Crippen molar-refractivity contribution in [2.75, 3.05) is 5.32 Å². The van der Waals surface area contributed by atoms with E-state index in [9.17, 15) is 0 Å². The van der Waals surface area contributed by atoms with Gasteiger partial charge in [0.1, 0.15) is 5.82 Å². The lowest BCUT2D eigenvalue weighted by molar-refractivity contribution is 0.557. The van der Waals surface area contributed by atoms with Crippen LogP contribution in [0.1, 0.15) is 26.5 Å². The molecule has 0 spiro atoms. The fourth-order valence-corrected chi connectivity index (χ4v) is 0.876. The summed E-state index contributed by atoms with van der Waals surface area (Å²) in [5.74, 6) is 1.45. The lowest BCUT2D eigenvalue weighted by Crippen LogP contribution is -2.22. The molecule has 3 nitrogen and oxygen atoms in total. The van der Waals surface area contributed by atoms with E-state index in [1.54, 1.807) is 0 Å². The Morgan fingerprint density at radius 3 is 2.31 bits per heavy atom. The van der Waals surface area contributed by atoms with Crippen LogP contribution in [0.3, 0.4) is 0 Å². The van der Waals surface area contributed by atoms with Gasteiger partial charge < -0.3 is 5.32 Å². The highest BCUT2D eigenvalue weighted by molar-refractivity contribution is 5.33. The highest BCUT2D eigenvalue weighted by Gasteiger charge is 2.06. The first-order valence-electron chi connectivity index (χ1n) is 4.66. The molecule has 3 heteroatoms. The van der Waals surface area contributed by atoms with Gasteiger partial charge in [0.2, 0.25) is 0 Å². The third kappa shape index (κ3) is 3.01. The molecule has 0 bridgehead atoms. The monoisotopic (exact) mass is 179 g/mol. The molecule has 0 fully saturated rings. The molecule has 0 radical (unpaired) electrons. The van der Waals surface area contributed by atoms with Crippen LogP contribution in [0, 0.1) is 12.8 Å². The largest absolute Gasteiger partial charge is 0.366 e. The van der Waals surface area contributed by atoms with Crippen molar-refractivity contribution in [1.82, 2.24) is 10.2 Å². The van der Waals surface area contributed by atoms with Crippen LogP contribution in [0.2, 0.25) is 0 Å². The zero-order chi connectivity index (χ0) is 9.84. The average molecular weight is 179 g/mol. The number of aryl methyl sites for hydroxylation is 1. The van der Waals surface area contributed by atoms with E-state index in [0.717, 1.165) is 11.5 Å². The van der Waals surface area contributed by atoms with Crippen LogP contribution in [0.4, 0.5) is 5.82 Å². The van der Waals surface area contributed by atoms with Crippen LogP contribution >= 0.6 is 0 Å². The van der Waals surface area contributed by atoms with Crippen LogP contribution in [-0.4, -0.2) is 16.2 Å². The van der Waals surface area contributed by atoms with Gasteiger partial charge in [-0.3, -0.25) is 0 Å². The number of hydrogen-bond acceptors (Lipinski definition) is 3. The lowest BCUT2D eigenvalue weighted by Gasteiger charge is -2.17. The van der Waals surface area contributed by atoms with Gasteiger partial charge in [0, 0.05) is 6.04 Å². The third-order valence-electron chi connectivity index (χ3n) is 2.17. The molecule has 0 amide bonds. The van der Waals surface area contributed by atoms with Crippen molar-refractivity contribution in [3.63, 3.8) is 0 Å². The number of rotatable bonds is 3. The summed E-state index contributed by atoms with van der Waals surface area (Å²) >= 11 is 0. The quantitative estimate of drug-likeness (QED) is 0.773. The molecule has 0 saturated carbocycles. The van der Waals surface area contributed by atoms with Crippen molar-refractivity contribution in [1.29, 1.82) is 0 Å². The number of hydrogen-bond donors (Lipinski definition) is 1. The molecule has 0 saturated heterocycles. The van der Waals surface area contributed by atoms with E-state index >= 15 is 0 Å². The van der Waals surface area contributed by atoms with Crippen molar-refractivity contribution in [2.24, 2.45) is 5.92 Å². The summed E-state index contributed by atoms with van der Waals surface area (Å²) in [6.07, 6.45) is 0. The summed E-state index contributed by atoms with van der Waals surface area (Å²) < 4.78 is 0. The molecular weight excluding hydrogens is 162 g/mol. The van der Waals surface area contributed by atoms with E-state index in [-0.39, 0.29) is 0 Å². The first-order valence-corrected chi connectivity index (χ1v) is 4.66. The van der Waals surface area contributed by atoms with Gasteiger partial charge >= 0.3 is 0 Å². The van der Waals surface area contributed by atoms with Gasteiger partial charge in [-0.1, -0.05) is 13.8 Å². The standard InChI is InChI=1S/C10H17N3/c1-7(2)9(4)11-10-6-5-8(3)12-13-10/h5-7,9H,1-4H3,(H,11,13). The third-order valence-corrected chi connectivity index (χ3v) is 2.17. The molecule has 1 unspecified atom stereocenters. The molecule has 1 aromatic heterocycles. The van der Waals surface area contributed by atoms with Gasteiger partial charge in [0.05, 0.1) is 5.69 Å². The van der Waals surface area contributed by atoms with Gasteiger partial charge in [-0.2, -0.15) is 5.10 Å². The molecule has 0 aliphatic heterocycles. The topological polar surface area (TPSA) is 37.8 Å². The molecule has 1 aromatic rings. The van der Waals surface area contributed by atoms with Crippen molar-refractivity contribution < 1.29 is 0 Å². The smallest absolute Gasteiger partial charge is 0.148 e. The Bertz CT molecular complexity index is 253. The van der Waals surface area contributed by atoms with Crippen molar-refractivity contribution in [3.8, 4) is 0 Å². The SMILES string of the molecule is Cc1ccc(NC(C)C(C)C)nn1. The maximum atomic E-state index is 4.04.